The fourth-order valence-electron chi connectivity index (χ4n) is 2.43. The molecule has 2 aromatic rings. The summed E-state index contributed by atoms with van der Waals surface area (Å²) in [5, 5.41) is 0. The van der Waals surface area contributed by atoms with Crippen LogP contribution in [0.2, 0.25) is 0 Å². The first-order valence-corrected chi connectivity index (χ1v) is 7.82. The van der Waals surface area contributed by atoms with E-state index >= 15 is 0 Å². The highest BCUT2D eigenvalue weighted by atomic mass is 32.2. The summed E-state index contributed by atoms with van der Waals surface area (Å²) in [5.74, 6) is -1.23. The Bertz CT molecular complexity index is 738. The van der Waals surface area contributed by atoms with Crippen LogP contribution in [0, 0.1) is 5.82 Å². The topological polar surface area (TPSA) is 46.6 Å². The summed E-state index contributed by atoms with van der Waals surface area (Å²) in [4.78, 5) is 24.4. The van der Waals surface area contributed by atoms with Gasteiger partial charge in [0.05, 0.1) is 0 Å². The number of hydrogen-bond acceptors (Lipinski definition) is 4. The lowest BCUT2D eigenvalue weighted by Gasteiger charge is -2.44. The summed E-state index contributed by atoms with van der Waals surface area (Å²) < 4.78 is 20.1. The molecule has 1 fully saturated rings. The summed E-state index contributed by atoms with van der Waals surface area (Å²) in [5.41, 5.74) is 0.597. The minimum atomic E-state index is -0.912. The molecule has 6 heteroatoms. The van der Waals surface area contributed by atoms with Gasteiger partial charge in [0.25, 0.3) is 5.91 Å². The van der Waals surface area contributed by atoms with E-state index in [9.17, 15) is 14.0 Å². The molecule has 0 saturated carbocycles. The van der Waals surface area contributed by atoms with E-state index in [1.54, 1.807) is 12.1 Å². The second-order valence-corrected chi connectivity index (χ2v) is 6.15. The lowest BCUT2D eigenvalue weighted by atomic mass is 9.93. The molecule has 1 aliphatic rings. The summed E-state index contributed by atoms with van der Waals surface area (Å²) in [6, 6.07) is 14.8. The van der Waals surface area contributed by atoms with E-state index < -0.39 is 23.9 Å². The number of nitrogens with zero attached hydrogens (tertiary/aromatic N) is 1. The standard InChI is InChI=1S/C17H14FNO3S/c1-11(20)22-16-15(12-6-5-7-13(18)10-12)19(17(16)21)23-14-8-3-2-4-9-14/h2-10,15-16H,1H3/t15-,16-/m0/s1. The molecule has 1 heterocycles. The summed E-state index contributed by atoms with van der Waals surface area (Å²) >= 11 is 1.25. The first-order valence-electron chi connectivity index (χ1n) is 7.05. The van der Waals surface area contributed by atoms with Gasteiger partial charge in [0.15, 0.2) is 0 Å². The van der Waals surface area contributed by atoms with E-state index in [1.807, 2.05) is 30.3 Å². The van der Waals surface area contributed by atoms with E-state index in [4.69, 9.17) is 4.74 Å². The molecule has 0 radical (unpaired) electrons. The zero-order chi connectivity index (χ0) is 16.4. The number of β-lactam (4-membered cyclic amide) rings is 1. The van der Waals surface area contributed by atoms with Gasteiger partial charge in [0.2, 0.25) is 6.10 Å². The Labute approximate surface area is 137 Å². The molecule has 1 saturated heterocycles. The Morgan fingerprint density at radius 3 is 2.57 bits per heavy atom. The number of halogens is 1. The van der Waals surface area contributed by atoms with Crippen LogP contribution in [0.15, 0.2) is 59.5 Å². The highest BCUT2D eigenvalue weighted by Gasteiger charge is 2.51. The highest BCUT2D eigenvalue weighted by Crippen LogP contribution is 2.44. The van der Waals surface area contributed by atoms with E-state index in [2.05, 4.69) is 0 Å². The van der Waals surface area contributed by atoms with Crippen molar-refractivity contribution in [2.24, 2.45) is 0 Å². The number of benzene rings is 2. The van der Waals surface area contributed by atoms with Crippen LogP contribution in [0.4, 0.5) is 4.39 Å². The summed E-state index contributed by atoms with van der Waals surface area (Å²) in [6.07, 6.45) is -0.912. The van der Waals surface area contributed by atoms with Gasteiger partial charge in [-0.25, -0.2) is 4.39 Å². The zero-order valence-electron chi connectivity index (χ0n) is 12.3. The lowest BCUT2D eigenvalue weighted by Crippen LogP contribution is -2.57. The lowest BCUT2D eigenvalue weighted by molar-refractivity contribution is -0.173. The monoisotopic (exact) mass is 331 g/mol. The van der Waals surface area contributed by atoms with Crippen LogP contribution in [0.5, 0.6) is 0 Å². The van der Waals surface area contributed by atoms with Crippen LogP contribution in [0.3, 0.4) is 0 Å². The molecule has 2 aromatic carbocycles. The van der Waals surface area contributed by atoms with E-state index in [0.717, 1.165) is 4.90 Å². The van der Waals surface area contributed by atoms with Crippen LogP contribution < -0.4 is 0 Å². The van der Waals surface area contributed by atoms with Crippen molar-refractivity contribution in [2.45, 2.75) is 24.0 Å². The van der Waals surface area contributed by atoms with E-state index in [-0.39, 0.29) is 5.91 Å². The molecule has 118 valence electrons. The average Bonchev–Trinajstić information content (AvgIpc) is 2.54. The van der Waals surface area contributed by atoms with Crippen LogP contribution in [-0.4, -0.2) is 22.3 Å². The molecule has 1 amide bonds. The van der Waals surface area contributed by atoms with Crippen molar-refractivity contribution in [2.75, 3.05) is 0 Å². The van der Waals surface area contributed by atoms with E-state index in [1.165, 1.54) is 35.3 Å². The Kier molecular flexibility index (Phi) is 4.34. The number of carbonyl (C=O) groups is 2. The number of esters is 1. The SMILES string of the molecule is CC(=O)O[C@@H]1C(=O)N(Sc2ccccc2)[C@H]1c1cccc(F)c1. The molecule has 0 N–H and O–H groups in total. The van der Waals surface area contributed by atoms with Crippen LogP contribution in [0.25, 0.3) is 0 Å². The van der Waals surface area contributed by atoms with Gasteiger partial charge >= 0.3 is 5.97 Å². The third-order valence-electron chi connectivity index (χ3n) is 3.43. The van der Waals surface area contributed by atoms with E-state index in [0.29, 0.717) is 5.56 Å². The largest absolute Gasteiger partial charge is 0.450 e. The maximum atomic E-state index is 13.5. The molecule has 0 unspecified atom stereocenters. The van der Waals surface area contributed by atoms with Crippen LogP contribution >= 0.6 is 11.9 Å². The van der Waals surface area contributed by atoms with Crippen molar-refractivity contribution in [1.82, 2.24) is 4.31 Å². The fraction of sp³-hybridized carbons (Fsp3) is 0.176. The second kappa shape index (κ2) is 6.42. The van der Waals surface area contributed by atoms with Crippen LogP contribution in [0.1, 0.15) is 18.5 Å². The maximum Gasteiger partial charge on any atom is 0.303 e. The Morgan fingerprint density at radius 2 is 1.91 bits per heavy atom. The average molecular weight is 331 g/mol. The molecular formula is C17H14FNO3S. The van der Waals surface area contributed by atoms with Gasteiger partial charge in [-0.2, -0.15) is 0 Å². The Morgan fingerprint density at radius 1 is 1.17 bits per heavy atom. The molecule has 23 heavy (non-hydrogen) atoms. The summed E-state index contributed by atoms with van der Waals surface area (Å²) in [7, 11) is 0. The maximum absolute atomic E-state index is 13.5. The number of carbonyl (C=O) groups excluding carboxylic acids is 2. The first-order chi connectivity index (χ1) is 11.1. The van der Waals surface area contributed by atoms with Gasteiger partial charge in [0, 0.05) is 11.8 Å². The molecule has 2 atom stereocenters. The first kappa shape index (κ1) is 15.6. The van der Waals surface area contributed by atoms with Gasteiger partial charge in [0.1, 0.15) is 11.9 Å². The minimum absolute atomic E-state index is 0.302. The van der Waals surface area contributed by atoms with Gasteiger partial charge in [-0.1, -0.05) is 30.3 Å². The van der Waals surface area contributed by atoms with Crippen LogP contribution in [-0.2, 0) is 14.3 Å². The smallest absolute Gasteiger partial charge is 0.303 e. The van der Waals surface area contributed by atoms with Gasteiger partial charge in [-0.3, -0.25) is 13.9 Å². The normalized spacial score (nSPS) is 20.1. The van der Waals surface area contributed by atoms with Gasteiger partial charge in [-0.15, -0.1) is 0 Å². The predicted molar refractivity (Wildman–Crippen MR) is 83.8 cm³/mol. The van der Waals surface area contributed by atoms with Crippen molar-refractivity contribution >= 4 is 23.8 Å². The number of hydrogen-bond donors (Lipinski definition) is 0. The van der Waals surface area contributed by atoms with Crippen molar-refractivity contribution in [3.05, 3.63) is 66.0 Å². The number of ether oxygens (including phenoxy) is 1. The molecule has 0 aromatic heterocycles. The third-order valence-corrected chi connectivity index (χ3v) is 4.52. The summed E-state index contributed by atoms with van der Waals surface area (Å²) in [6.45, 7) is 1.25. The van der Waals surface area contributed by atoms with Crippen molar-refractivity contribution < 1.29 is 18.7 Å². The molecule has 4 nitrogen and oxygen atoms in total. The van der Waals surface area contributed by atoms with Gasteiger partial charge < -0.3 is 4.74 Å². The minimum Gasteiger partial charge on any atom is -0.450 e. The Hall–Kier alpha value is -2.34. The predicted octanol–water partition coefficient (Wildman–Crippen LogP) is 3.35. The molecule has 0 spiro atoms. The van der Waals surface area contributed by atoms with Gasteiger partial charge in [-0.05, 0) is 41.8 Å². The van der Waals surface area contributed by atoms with Crippen molar-refractivity contribution in [1.29, 1.82) is 0 Å². The third kappa shape index (κ3) is 3.22. The highest BCUT2D eigenvalue weighted by molar-refractivity contribution is 7.97. The molecular weight excluding hydrogens is 317 g/mol. The Balaban J connectivity index is 1.88. The molecule has 0 aliphatic carbocycles. The number of rotatable bonds is 4. The molecule has 1 aliphatic heterocycles. The molecule has 3 rings (SSSR count). The molecule has 0 bridgehead atoms. The second-order valence-electron chi connectivity index (χ2n) is 5.10. The zero-order valence-corrected chi connectivity index (χ0v) is 13.1. The fourth-order valence-corrected chi connectivity index (χ4v) is 3.48. The quantitative estimate of drug-likeness (QED) is 0.490. The van der Waals surface area contributed by atoms with Crippen molar-refractivity contribution in [3.63, 3.8) is 0 Å². The number of amides is 1. The van der Waals surface area contributed by atoms with Crippen molar-refractivity contribution in [3.8, 4) is 0 Å².